The summed E-state index contributed by atoms with van der Waals surface area (Å²) in [6, 6.07) is 6.52. The Morgan fingerprint density at radius 2 is 1.60 bits per heavy atom. The summed E-state index contributed by atoms with van der Waals surface area (Å²) in [4.78, 5) is 56.1. The van der Waals surface area contributed by atoms with Crippen LogP contribution in [0.15, 0.2) is 30.3 Å². The van der Waals surface area contributed by atoms with Crippen LogP contribution in [-0.2, 0) is 25.6 Å². The van der Waals surface area contributed by atoms with Crippen molar-refractivity contribution >= 4 is 23.5 Å². The fourth-order valence-corrected chi connectivity index (χ4v) is 6.75. The minimum absolute atomic E-state index is 0.00166. The van der Waals surface area contributed by atoms with E-state index >= 15 is 0 Å². The van der Waals surface area contributed by atoms with E-state index < -0.39 is 36.0 Å². The largest absolute Gasteiger partial charge is 0.383 e. The van der Waals surface area contributed by atoms with Gasteiger partial charge in [0, 0.05) is 12.3 Å². The fraction of sp³-hybridized carbons (Fsp3) is 0.706. The molecule has 42 heavy (non-hydrogen) atoms. The summed E-state index contributed by atoms with van der Waals surface area (Å²) in [5.41, 5.74) is 7.45. The molecule has 0 radical (unpaired) electrons. The Morgan fingerprint density at radius 3 is 2.19 bits per heavy atom. The number of carbonyl (C=O) groups is 4. The van der Waals surface area contributed by atoms with Gasteiger partial charge >= 0.3 is 0 Å². The van der Waals surface area contributed by atoms with Crippen LogP contribution in [0.25, 0.3) is 0 Å². The number of aliphatic hydroxyl groups is 1. The number of carbonyl (C=O) groups excluding carboxylic acids is 4. The van der Waals surface area contributed by atoms with Crippen molar-refractivity contribution in [1.29, 1.82) is 0 Å². The molecular formula is C34H53N3O5. The lowest BCUT2D eigenvalue weighted by molar-refractivity contribution is -0.153. The number of nitrogens with two attached hydrogens (primary N) is 1. The maximum absolute atomic E-state index is 14.4. The van der Waals surface area contributed by atoms with Gasteiger partial charge in [-0.3, -0.25) is 24.5 Å². The molecule has 234 valence electrons. The number of nitrogens with one attached hydrogen (secondary N) is 1. The van der Waals surface area contributed by atoms with E-state index in [1.165, 1.54) is 4.90 Å². The Bertz CT molecular complexity index is 1020. The Kier molecular flexibility index (Phi) is 13.6. The van der Waals surface area contributed by atoms with Crippen molar-refractivity contribution in [2.45, 2.75) is 135 Å². The van der Waals surface area contributed by atoms with Gasteiger partial charge in [0.2, 0.25) is 17.7 Å². The highest BCUT2D eigenvalue weighted by molar-refractivity contribution is 6.00. The zero-order chi connectivity index (χ0) is 30.6. The predicted molar refractivity (Wildman–Crippen MR) is 164 cm³/mol. The second-order valence-corrected chi connectivity index (χ2v) is 13.0. The Hall–Kier alpha value is -2.58. The molecule has 1 aromatic carbocycles. The summed E-state index contributed by atoms with van der Waals surface area (Å²) in [6.45, 7) is 5.80. The normalized spacial score (nSPS) is 19.2. The summed E-state index contributed by atoms with van der Waals surface area (Å²) >= 11 is 0. The van der Waals surface area contributed by atoms with Crippen molar-refractivity contribution in [3.05, 3.63) is 35.9 Å². The van der Waals surface area contributed by atoms with E-state index in [1.807, 2.05) is 51.1 Å². The summed E-state index contributed by atoms with van der Waals surface area (Å²) in [5.74, 6) is -1.66. The molecule has 8 heteroatoms. The van der Waals surface area contributed by atoms with Gasteiger partial charge < -0.3 is 15.7 Å². The molecule has 0 aromatic heterocycles. The van der Waals surface area contributed by atoms with Crippen molar-refractivity contribution < 1.29 is 24.3 Å². The van der Waals surface area contributed by atoms with Gasteiger partial charge in [0.1, 0.15) is 12.1 Å². The summed E-state index contributed by atoms with van der Waals surface area (Å²) in [7, 11) is 0. The van der Waals surface area contributed by atoms with Gasteiger partial charge in [0.15, 0.2) is 5.78 Å². The van der Waals surface area contributed by atoms with Crippen LogP contribution in [0.5, 0.6) is 0 Å². The average molecular weight is 584 g/mol. The molecule has 4 atom stereocenters. The van der Waals surface area contributed by atoms with E-state index in [0.717, 1.165) is 63.4 Å². The molecule has 0 aliphatic heterocycles. The molecule has 0 heterocycles. The first-order valence-corrected chi connectivity index (χ1v) is 16.3. The first kappa shape index (κ1) is 33.9. The molecule has 3 rings (SSSR count). The molecule has 8 nitrogen and oxygen atoms in total. The van der Waals surface area contributed by atoms with Crippen LogP contribution in [0.2, 0.25) is 0 Å². The van der Waals surface area contributed by atoms with Crippen LogP contribution in [0.3, 0.4) is 0 Å². The van der Waals surface area contributed by atoms with Gasteiger partial charge in [-0.1, -0.05) is 96.0 Å². The number of amides is 3. The summed E-state index contributed by atoms with van der Waals surface area (Å²) in [5, 5.41) is 14.2. The monoisotopic (exact) mass is 583 g/mol. The number of rotatable bonds is 15. The van der Waals surface area contributed by atoms with Crippen molar-refractivity contribution in [2.75, 3.05) is 0 Å². The van der Waals surface area contributed by atoms with E-state index in [9.17, 15) is 24.3 Å². The first-order chi connectivity index (χ1) is 20.1. The highest BCUT2D eigenvalue weighted by Gasteiger charge is 2.43. The second-order valence-electron chi connectivity index (χ2n) is 13.0. The Morgan fingerprint density at radius 1 is 0.976 bits per heavy atom. The molecule has 3 amide bonds. The number of nitrogens with zero attached hydrogens (tertiary/aromatic N) is 1. The van der Waals surface area contributed by atoms with Crippen LogP contribution < -0.4 is 11.1 Å². The zero-order valence-corrected chi connectivity index (χ0v) is 25.9. The number of aliphatic hydroxyl groups excluding tert-OH is 1. The summed E-state index contributed by atoms with van der Waals surface area (Å²) < 4.78 is 0. The lowest BCUT2D eigenvalue weighted by atomic mass is 9.81. The van der Waals surface area contributed by atoms with Crippen molar-refractivity contribution in [3.63, 3.8) is 0 Å². The quantitative estimate of drug-likeness (QED) is 0.274. The van der Waals surface area contributed by atoms with Crippen molar-refractivity contribution in [2.24, 2.45) is 23.5 Å². The molecule has 4 N–H and O–H groups in total. The van der Waals surface area contributed by atoms with Crippen LogP contribution in [-0.4, -0.2) is 57.7 Å². The van der Waals surface area contributed by atoms with Gasteiger partial charge in [-0.15, -0.1) is 0 Å². The average Bonchev–Trinajstić information content (AvgIpc) is 3.52. The molecule has 2 aliphatic rings. The van der Waals surface area contributed by atoms with Crippen LogP contribution in [0.1, 0.15) is 110 Å². The summed E-state index contributed by atoms with van der Waals surface area (Å²) in [6.07, 6.45) is 8.82. The number of benzene rings is 1. The van der Waals surface area contributed by atoms with Crippen molar-refractivity contribution in [1.82, 2.24) is 10.2 Å². The SMILES string of the molecule is CCCC(=O)C(O)[C@H](CC1CCCCC1)N(C(=O)[C@@H](N)Cc1ccccc1)[C@@H](CC(C)C)C(=O)NC(=O)C1CCCC1. The third kappa shape index (κ3) is 9.73. The number of hydrogen-bond donors (Lipinski definition) is 3. The predicted octanol–water partition coefficient (Wildman–Crippen LogP) is 4.70. The van der Waals surface area contributed by atoms with Gasteiger partial charge in [0.25, 0.3) is 0 Å². The Balaban J connectivity index is 2.03. The second kappa shape index (κ2) is 16.9. The smallest absolute Gasteiger partial charge is 0.249 e. The van der Waals surface area contributed by atoms with Crippen LogP contribution >= 0.6 is 0 Å². The molecule has 0 spiro atoms. The third-order valence-electron chi connectivity index (χ3n) is 9.02. The number of Topliss-reactive ketones (excluding diaryl/α,β-unsaturated/α-hetero) is 1. The molecule has 2 fully saturated rings. The minimum Gasteiger partial charge on any atom is -0.383 e. The zero-order valence-electron chi connectivity index (χ0n) is 25.9. The molecule has 1 aromatic rings. The number of hydrogen-bond acceptors (Lipinski definition) is 6. The minimum atomic E-state index is -1.44. The van der Waals surface area contributed by atoms with Crippen LogP contribution in [0.4, 0.5) is 0 Å². The maximum Gasteiger partial charge on any atom is 0.249 e. The molecule has 2 saturated carbocycles. The third-order valence-corrected chi connectivity index (χ3v) is 9.02. The topological polar surface area (TPSA) is 130 Å². The first-order valence-electron chi connectivity index (χ1n) is 16.3. The van der Waals surface area contributed by atoms with E-state index in [0.29, 0.717) is 12.8 Å². The van der Waals surface area contributed by atoms with Gasteiger partial charge in [-0.25, -0.2) is 0 Å². The molecular weight excluding hydrogens is 530 g/mol. The molecule has 1 unspecified atom stereocenters. The molecule has 2 aliphatic carbocycles. The van der Waals surface area contributed by atoms with E-state index in [4.69, 9.17) is 5.73 Å². The van der Waals surface area contributed by atoms with Crippen molar-refractivity contribution in [3.8, 4) is 0 Å². The highest BCUT2D eigenvalue weighted by Crippen LogP contribution is 2.32. The lowest BCUT2D eigenvalue weighted by Gasteiger charge is -2.43. The van der Waals surface area contributed by atoms with Crippen LogP contribution in [0, 0.1) is 17.8 Å². The van der Waals surface area contributed by atoms with Gasteiger partial charge in [-0.2, -0.15) is 0 Å². The van der Waals surface area contributed by atoms with E-state index in [1.54, 1.807) is 0 Å². The van der Waals surface area contributed by atoms with E-state index in [2.05, 4.69) is 5.32 Å². The lowest BCUT2D eigenvalue weighted by Crippen LogP contribution is -2.63. The van der Waals surface area contributed by atoms with Gasteiger partial charge in [0.05, 0.1) is 12.1 Å². The number of imide groups is 1. The number of ketones is 1. The standard InChI is InChI=1S/C34H53N3O5/c1-4-13-30(38)31(39)28(22-25-16-9-6-10-17-25)37(34(42)27(35)21-24-14-7-5-8-15-24)29(20-23(2)3)33(41)36-32(40)26-18-11-12-19-26/h5,7-8,14-15,23,25-29,31,39H,4,6,9-13,16-22,35H2,1-3H3,(H,36,40,41)/t27-,28-,29-,31?/m0/s1. The van der Waals surface area contributed by atoms with E-state index in [-0.39, 0.29) is 48.7 Å². The Labute approximate surface area is 252 Å². The maximum atomic E-state index is 14.4. The fourth-order valence-electron chi connectivity index (χ4n) is 6.75. The highest BCUT2D eigenvalue weighted by atomic mass is 16.3. The molecule has 0 bridgehead atoms. The molecule has 0 saturated heterocycles. The van der Waals surface area contributed by atoms with Gasteiger partial charge in [-0.05, 0) is 55.9 Å².